The summed E-state index contributed by atoms with van der Waals surface area (Å²) in [5.41, 5.74) is 6.00. The molecule has 1 aromatic rings. The molecule has 5 heteroatoms. The second kappa shape index (κ2) is 4.70. The predicted octanol–water partition coefficient (Wildman–Crippen LogP) is 1.41. The smallest absolute Gasteiger partial charge is 0.179 e. The zero-order chi connectivity index (χ0) is 10.6. The first-order valence-corrected chi connectivity index (χ1v) is 7.18. The Balaban J connectivity index is 2.93. The Morgan fingerprint density at radius 2 is 2.14 bits per heavy atom. The van der Waals surface area contributed by atoms with Gasteiger partial charge in [0.25, 0.3) is 0 Å². The highest BCUT2D eigenvalue weighted by Gasteiger charge is 2.13. The van der Waals surface area contributed by atoms with Gasteiger partial charge in [-0.25, -0.2) is 8.42 Å². The van der Waals surface area contributed by atoms with Crippen LogP contribution in [0.25, 0.3) is 0 Å². The van der Waals surface area contributed by atoms with Gasteiger partial charge in [-0.1, -0.05) is 6.07 Å². The summed E-state index contributed by atoms with van der Waals surface area (Å²) in [4.78, 5) is 0.312. The predicted molar refractivity (Wildman–Crippen MR) is 61.3 cm³/mol. The lowest BCUT2D eigenvalue weighted by molar-refractivity contribution is 0.597. The van der Waals surface area contributed by atoms with Gasteiger partial charge in [0.15, 0.2) is 9.84 Å². The third-order valence-corrected chi connectivity index (χ3v) is 4.36. The monoisotopic (exact) mass is 231 g/mol. The molecule has 0 radical (unpaired) electrons. The first kappa shape index (κ1) is 11.4. The molecular formula is C9H13NO2S2. The van der Waals surface area contributed by atoms with E-state index in [4.69, 9.17) is 5.73 Å². The van der Waals surface area contributed by atoms with E-state index >= 15 is 0 Å². The number of rotatable bonds is 4. The van der Waals surface area contributed by atoms with Crippen LogP contribution in [0.15, 0.2) is 29.2 Å². The third-order valence-electron chi connectivity index (χ3n) is 1.77. The van der Waals surface area contributed by atoms with Crippen LogP contribution in [-0.2, 0) is 9.84 Å². The first-order valence-electron chi connectivity index (χ1n) is 4.13. The van der Waals surface area contributed by atoms with Crippen molar-refractivity contribution in [3.05, 3.63) is 24.3 Å². The van der Waals surface area contributed by atoms with Crippen molar-refractivity contribution >= 4 is 27.3 Å². The van der Waals surface area contributed by atoms with Crippen molar-refractivity contribution in [1.82, 2.24) is 0 Å². The molecular weight excluding hydrogens is 218 g/mol. The van der Waals surface area contributed by atoms with Gasteiger partial charge in [0.1, 0.15) is 0 Å². The molecule has 0 saturated carbocycles. The van der Waals surface area contributed by atoms with Crippen molar-refractivity contribution in [2.75, 3.05) is 23.5 Å². The number of benzene rings is 1. The van der Waals surface area contributed by atoms with Crippen LogP contribution in [0.5, 0.6) is 0 Å². The van der Waals surface area contributed by atoms with Crippen LogP contribution in [0.1, 0.15) is 0 Å². The molecule has 0 aliphatic rings. The Labute approximate surface area is 88.6 Å². The molecule has 0 unspecified atom stereocenters. The Kier molecular flexibility index (Phi) is 3.83. The molecule has 0 amide bonds. The average Bonchev–Trinajstić information content (AvgIpc) is 2.15. The highest BCUT2D eigenvalue weighted by atomic mass is 32.2. The molecule has 0 heterocycles. The van der Waals surface area contributed by atoms with E-state index in [0.29, 0.717) is 16.3 Å². The number of hydrogen-bond acceptors (Lipinski definition) is 4. The number of nitrogen functional groups attached to an aromatic ring is 1. The van der Waals surface area contributed by atoms with Crippen molar-refractivity contribution in [3.8, 4) is 0 Å². The van der Waals surface area contributed by atoms with Crippen LogP contribution in [0.3, 0.4) is 0 Å². The molecule has 1 aromatic carbocycles. The molecule has 0 fully saturated rings. The minimum Gasteiger partial charge on any atom is -0.399 e. The fourth-order valence-corrected chi connectivity index (χ4v) is 3.40. The van der Waals surface area contributed by atoms with Crippen LogP contribution in [0.2, 0.25) is 0 Å². The zero-order valence-electron chi connectivity index (χ0n) is 7.93. The Bertz CT molecular complexity index is 401. The fraction of sp³-hybridized carbons (Fsp3) is 0.333. The molecule has 3 nitrogen and oxygen atoms in total. The maximum absolute atomic E-state index is 11.7. The van der Waals surface area contributed by atoms with Gasteiger partial charge < -0.3 is 5.73 Å². The second-order valence-corrected chi connectivity index (χ2v) is 5.98. The number of hydrogen-bond donors (Lipinski definition) is 1. The van der Waals surface area contributed by atoms with Crippen molar-refractivity contribution in [3.63, 3.8) is 0 Å². The summed E-state index contributed by atoms with van der Waals surface area (Å²) in [5, 5.41) is 0. The molecule has 0 atom stereocenters. The number of nitrogens with two attached hydrogens (primary N) is 1. The fourth-order valence-electron chi connectivity index (χ4n) is 1.02. The molecule has 0 saturated heterocycles. The summed E-state index contributed by atoms with van der Waals surface area (Å²) in [6, 6.07) is 6.40. The molecule has 0 bridgehead atoms. The van der Waals surface area contributed by atoms with Crippen LogP contribution in [0.4, 0.5) is 5.69 Å². The van der Waals surface area contributed by atoms with Crippen molar-refractivity contribution < 1.29 is 8.42 Å². The van der Waals surface area contributed by atoms with Crippen molar-refractivity contribution in [2.24, 2.45) is 0 Å². The summed E-state index contributed by atoms with van der Waals surface area (Å²) in [7, 11) is -3.15. The quantitative estimate of drug-likeness (QED) is 0.796. The molecule has 0 aliphatic carbocycles. The van der Waals surface area contributed by atoms with Gasteiger partial charge in [0.05, 0.1) is 10.6 Å². The van der Waals surface area contributed by atoms with Gasteiger partial charge in [-0.05, 0) is 24.5 Å². The van der Waals surface area contributed by atoms with Gasteiger partial charge in [0.2, 0.25) is 0 Å². The van der Waals surface area contributed by atoms with Gasteiger partial charge >= 0.3 is 0 Å². The Morgan fingerprint density at radius 3 is 2.71 bits per heavy atom. The highest BCUT2D eigenvalue weighted by molar-refractivity contribution is 8.00. The van der Waals surface area contributed by atoms with E-state index in [1.807, 2.05) is 6.26 Å². The minimum atomic E-state index is -3.15. The van der Waals surface area contributed by atoms with E-state index in [0.717, 1.165) is 0 Å². The van der Waals surface area contributed by atoms with Crippen molar-refractivity contribution in [2.45, 2.75) is 4.90 Å². The molecule has 0 aliphatic heterocycles. The van der Waals surface area contributed by atoms with Crippen molar-refractivity contribution in [1.29, 1.82) is 0 Å². The standard InChI is InChI=1S/C9H13NO2S2/c1-13-5-6-14(11,12)9-4-2-3-8(10)7-9/h2-4,7H,5-6,10H2,1H3. The van der Waals surface area contributed by atoms with E-state index in [9.17, 15) is 8.42 Å². The molecule has 1 rings (SSSR count). The molecule has 2 N–H and O–H groups in total. The Morgan fingerprint density at radius 1 is 1.43 bits per heavy atom. The topological polar surface area (TPSA) is 60.2 Å². The summed E-state index contributed by atoms with van der Waals surface area (Å²) < 4.78 is 23.3. The maximum Gasteiger partial charge on any atom is 0.179 e. The van der Waals surface area contributed by atoms with E-state index in [-0.39, 0.29) is 5.75 Å². The van der Waals surface area contributed by atoms with E-state index in [2.05, 4.69) is 0 Å². The van der Waals surface area contributed by atoms with Crippen LogP contribution >= 0.6 is 11.8 Å². The van der Waals surface area contributed by atoms with Crippen LogP contribution in [0, 0.1) is 0 Å². The molecule has 0 aromatic heterocycles. The number of anilines is 1. The summed E-state index contributed by atoms with van der Waals surface area (Å²) in [6.45, 7) is 0. The summed E-state index contributed by atoms with van der Waals surface area (Å²) in [5.74, 6) is 0.773. The minimum absolute atomic E-state index is 0.164. The van der Waals surface area contributed by atoms with Gasteiger partial charge in [-0.3, -0.25) is 0 Å². The van der Waals surface area contributed by atoms with Gasteiger partial charge in [0, 0.05) is 11.4 Å². The van der Waals surface area contributed by atoms with Gasteiger partial charge in [-0.2, -0.15) is 11.8 Å². The SMILES string of the molecule is CSCCS(=O)(=O)c1cccc(N)c1. The van der Waals surface area contributed by atoms with Crippen LogP contribution in [-0.4, -0.2) is 26.2 Å². The first-order chi connectivity index (χ1) is 6.56. The molecule has 78 valence electrons. The van der Waals surface area contributed by atoms with E-state index in [1.54, 1.807) is 18.2 Å². The summed E-state index contributed by atoms with van der Waals surface area (Å²) in [6.07, 6.45) is 1.88. The normalized spacial score (nSPS) is 11.5. The van der Waals surface area contributed by atoms with Crippen LogP contribution < -0.4 is 5.73 Å². The van der Waals surface area contributed by atoms with E-state index < -0.39 is 9.84 Å². The average molecular weight is 231 g/mol. The highest BCUT2D eigenvalue weighted by Crippen LogP contribution is 2.15. The number of sulfone groups is 1. The van der Waals surface area contributed by atoms with E-state index in [1.165, 1.54) is 17.8 Å². The zero-order valence-corrected chi connectivity index (χ0v) is 9.57. The summed E-state index contributed by atoms with van der Waals surface area (Å²) >= 11 is 1.52. The number of thioether (sulfide) groups is 1. The second-order valence-electron chi connectivity index (χ2n) is 2.88. The lowest BCUT2D eigenvalue weighted by Crippen LogP contribution is -2.08. The molecule has 0 spiro atoms. The maximum atomic E-state index is 11.7. The lowest BCUT2D eigenvalue weighted by atomic mass is 10.3. The third kappa shape index (κ3) is 2.92. The van der Waals surface area contributed by atoms with Gasteiger partial charge in [-0.15, -0.1) is 0 Å². The largest absolute Gasteiger partial charge is 0.399 e. The Hall–Kier alpha value is -0.680. The lowest BCUT2D eigenvalue weighted by Gasteiger charge is -2.03. The molecule has 14 heavy (non-hydrogen) atoms.